The van der Waals surface area contributed by atoms with Crippen LogP contribution in [-0.2, 0) is 23.2 Å². The van der Waals surface area contributed by atoms with Crippen molar-refractivity contribution in [2.24, 2.45) is 5.41 Å². The van der Waals surface area contributed by atoms with E-state index >= 15 is 0 Å². The van der Waals surface area contributed by atoms with Gasteiger partial charge in [0.1, 0.15) is 0 Å². The Kier molecular flexibility index (Phi) is 6.72. The molecule has 2 aliphatic rings. The topological polar surface area (TPSA) is 0 Å². The van der Waals surface area contributed by atoms with E-state index in [9.17, 15) is 0 Å². The molecule has 0 fully saturated rings. The molecule has 0 N–H and O–H groups in total. The molecule has 0 saturated heterocycles. The fourth-order valence-electron chi connectivity index (χ4n) is 2.72. The van der Waals surface area contributed by atoms with Crippen LogP contribution in [-0.4, -0.2) is 0 Å². The van der Waals surface area contributed by atoms with E-state index in [2.05, 4.69) is 69.3 Å². The van der Waals surface area contributed by atoms with Gasteiger partial charge in [-0.2, -0.15) is 0 Å². The fourth-order valence-corrected chi connectivity index (χ4v) is 6.33. The van der Waals surface area contributed by atoms with Gasteiger partial charge in [0.15, 0.2) is 0 Å². The third kappa shape index (κ3) is 4.22. The Morgan fingerprint density at radius 1 is 1.10 bits per heavy atom. The van der Waals surface area contributed by atoms with Crippen molar-refractivity contribution in [3.63, 3.8) is 0 Å². The first-order valence-corrected chi connectivity index (χ1v) is 9.64. The molecule has 0 aliphatic heterocycles. The molecule has 0 bridgehead atoms. The number of rotatable bonds is 2. The Labute approximate surface area is 152 Å². The van der Waals surface area contributed by atoms with Crippen LogP contribution in [0.3, 0.4) is 0 Å². The fraction of sp³-hybridized carbons (Fsp3) is 0.333. The number of benzene rings is 1. The molecular weight excluding hydrogens is 378 g/mol. The maximum absolute atomic E-state index is 2.50. The smallest absolute Gasteiger partial charge is 1.00 e. The van der Waals surface area contributed by atoms with Crippen LogP contribution in [0, 0.1) is 5.41 Å². The van der Waals surface area contributed by atoms with Crippen molar-refractivity contribution in [3.8, 4) is 0 Å². The van der Waals surface area contributed by atoms with Gasteiger partial charge in [-0.25, -0.2) is 0 Å². The summed E-state index contributed by atoms with van der Waals surface area (Å²) in [5.74, 6) is 0. The molecular formula is C18H20Cl2Zr. The maximum atomic E-state index is 2.50. The first-order valence-electron chi connectivity index (χ1n) is 6.99. The van der Waals surface area contributed by atoms with Crippen LogP contribution in [0.4, 0.5) is 0 Å². The van der Waals surface area contributed by atoms with Gasteiger partial charge in [0.05, 0.1) is 0 Å². The van der Waals surface area contributed by atoms with Crippen molar-refractivity contribution in [1.82, 2.24) is 0 Å². The second-order valence-electron chi connectivity index (χ2n) is 6.39. The third-order valence-corrected chi connectivity index (χ3v) is 7.65. The number of hydrogen-bond donors (Lipinski definition) is 0. The molecule has 3 heteroatoms. The van der Waals surface area contributed by atoms with Crippen LogP contribution < -0.4 is 24.8 Å². The van der Waals surface area contributed by atoms with E-state index < -0.39 is 23.2 Å². The summed E-state index contributed by atoms with van der Waals surface area (Å²) in [6, 6.07) is 8.88. The minimum absolute atomic E-state index is 0. The number of fused-ring (bicyclic) bond motifs is 1. The zero-order valence-electron chi connectivity index (χ0n) is 12.7. The van der Waals surface area contributed by atoms with E-state index in [1.807, 2.05) is 0 Å². The van der Waals surface area contributed by atoms with Gasteiger partial charge in [-0.15, -0.1) is 0 Å². The first kappa shape index (κ1) is 19.0. The quantitative estimate of drug-likeness (QED) is 0.606. The average molecular weight is 398 g/mol. The molecule has 1 atom stereocenters. The Balaban J connectivity index is 0.00000110. The van der Waals surface area contributed by atoms with E-state index in [0.29, 0.717) is 5.41 Å². The van der Waals surface area contributed by atoms with Crippen LogP contribution in [0.25, 0.3) is 6.08 Å². The van der Waals surface area contributed by atoms with Crippen LogP contribution in [0.15, 0.2) is 51.3 Å². The van der Waals surface area contributed by atoms with E-state index in [1.54, 1.807) is 14.4 Å². The molecule has 0 spiro atoms. The van der Waals surface area contributed by atoms with Gasteiger partial charge in [0.25, 0.3) is 0 Å². The summed E-state index contributed by atoms with van der Waals surface area (Å²) in [6.45, 7) is 6.94. The van der Waals surface area contributed by atoms with Gasteiger partial charge in [-0.1, -0.05) is 0 Å². The number of halogens is 2. The summed E-state index contributed by atoms with van der Waals surface area (Å²) in [4.78, 5) is 0. The zero-order valence-corrected chi connectivity index (χ0v) is 16.6. The van der Waals surface area contributed by atoms with Crippen LogP contribution in [0.5, 0.6) is 0 Å². The molecule has 3 rings (SSSR count). The van der Waals surface area contributed by atoms with Crippen molar-refractivity contribution in [2.75, 3.05) is 0 Å². The molecule has 1 aromatic rings. The monoisotopic (exact) mass is 396 g/mol. The van der Waals surface area contributed by atoms with E-state index in [0.717, 1.165) is 3.63 Å². The predicted octanol–water partition coefficient (Wildman–Crippen LogP) is -0.895. The molecule has 0 aromatic heterocycles. The molecule has 21 heavy (non-hydrogen) atoms. The van der Waals surface area contributed by atoms with Crippen molar-refractivity contribution in [2.45, 2.75) is 30.8 Å². The van der Waals surface area contributed by atoms with E-state index in [-0.39, 0.29) is 24.8 Å². The van der Waals surface area contributed by atoms with Gasteiger partial charge < -0.3 is 24.8 Å². The molecule has 2 aliphatic carbocycles. The van der Waals surface area contributed by atoms with Crippen molar-refractivity contribution < 1.29 is 48.0 Å². The number of allylic oxidation sites excluding steroid dienone is 5. The van der Waals surface area contributed by atoms with E-state index in [1.165, 1.54) is 12.0 Å². The van der Waals surface area contributed by atoms with Gasteiger partial charge in [-0.3, -0.25) is 0 Å². The Bertz CT molecular complexity index is 591. The summed E-state index contributed by atoms with van der Waals surface area (Å²) in [6.07, 6.45) is 10.9. The van der Waals surface area contributed by atoms with Crippen molar-refractivity contribution in [1.29, 1.82) is 0 Å². The minimum atomic E-state index is -0.522. The van der Waals surface area contributed by atoms with Crippen LogP contribution in [0.2, 0.25) is 0 Å². The normalized spacial score (nSPS) is 18.9. The molecule has 110 valence electrons. The third-order valence-electron chi connectivity index (χ3n) is 3.88. The SMILES string of the molecule is CC(C)(C)C1=CC[C]([Zr+2][CH]2C=Cc3ccccc32)=C1.[Cl-].[Cl-]. The average Bonchev–Trinajstić information content (AvgIpc) is 2.97. The first-order chi connectivity index (χ1) is 9.04. The van der Waals surface area contributed by atoms with Crippen LogP contribution in [0.1, 0.15) is 41.9 Å². The Hall–Kier alpha value is -0.0969. The molecule has 0 saturated carbocycles. The summed E-state index contributed by atoms with van der Waals surface area (Å²) in [7, 11) is 0. The Morgan fingerprint density at radius 2 is 1.81 bits per heavy atom. The molecule has 0 heterocycles. The molecule has 1 aromatic carbocycles. The van der Waals surface area contributed by atoms with Crippen LogP contribution >= 0.6 is 0 Å². The Morgan fingerprint density at radius 3 is 2.48 bits per heavy atom. The maximum Gasteiger partial charge on any atom is -1.00 e. The molecule has 0 radical (unpaired) electrons. The summed E-state index contributed by atoms with van der Waals surface area (Å²) >= 11 is -0.522. The minimum Gasteiger partial charge on any atom is -1.00 e. The van der Waals surface area contributed by atoms with Crippen molar-refractivity contribution in [3.05, 3.63) is 62.5 Å². The molecule has 1 unspecified atom stereocenters. The second kappa shape index (κ2) is 7.45. The summed E-state index contributed by atoms with van der Waals surface area (Å²) < 4.78 is 2.50. The van der Waals surface area contributed by atoms with E-state index in [4.69, 9.17) is 0 Å². The van der Waals surface area contributed by atoms with Gasteiger partial charge in [-0.05, 0) is 0 Å². The number of hydrogen-bond acceptors (Lipinski definition) is 0. The van der Waals surface area contributed by atoms with Crippen molar-refractivity contribution >= 4 is 6.08 Å². The summed E-state index contributed by atoms with van der Waals surface area (Å²) in [5, 5.41) is 0. The predicted molar refractivity (Wildman–Crippen MR) is 78.5 cm³/mol. The second-order valence-corrected chi connectivity index (χ2v) is 10.2. The largest absolute Gasteiger partial charge is 1.00 e. The summed E-state index contributed by atoms with van der Waals surface area (Å²) in [5.41, 5.74) is 4.86. The van der Waals surface area contributed by atoms with Gasteiger partial charge in [0.2, 0.25) is 0 Å². The molecule has 0 nitrogen and oxygen atoms in total. The standard InChI is InChI=1S/C9H7.C9H13.2ClH.Zr/c1-2-5-9-7-3-6-8(9)4-1;1-9(2,3)8-6-4-5-7-8;;;/h1-7H;6-7H,4H2,1-3H3;2*1H;/q;;;;+2/p-2. The van der Waals surface area contributed by atoms with Gasteiger partial charge >= 0.3 is 128 Å². The van der Waals surface area contributed by atoms with Gasteiger partial charge in [0, 0.05) is 0 Å². The zero-order chi connectivity index (χ0) is 13.5. The molecule has 0 amide bonds.